The monoisotopic (exact) mass is 327 g/mol. The Bertz CT molecular complexity index is 603. The molecule has 0 aliphatic carbocycles. The number of rotatable bonds is 3. The number of halogens is 2. The van der Waals surface area contributed by atoms with Crippen LogP contribution in [-0.2, 0) is 16.6 Å². The molecule has 0 heterocycles. The Kier molecular flexibility index (Phi) is 4.14. The Hall–Kier alpha value is -1.20. The molecule has 2 rings (SSSR count). The molecule has 94 valence electrons. The van der Waals surface area contributed by atoms with E-state index in [4.69, 9.17) is 5.73 Å². The van der Waals surface area contributed by atoms with Crippen molar-refractivity contribution < 1.29 is 8.60 Å². The van der Waals surface area contributed by atoms with Gasteiger partial charge < -0.3 is 5.73 Å². The van der Waals surface area contributed by atoms with Gasteiger partial charge in [-0.15, -0.1) is 0 Å². The topological polar surface area (TPSA) is 43.1 Å². The maximum absolute atomic E-state index is 13.0. The standard InChI is InChI=1S/C13H11BrFNOS/c14-12-7-11(16)4-5-13(12)18(17)8-9-2-1-3-10(15)6-9/h1-7H,8,16H2. The predicted molar refractivity (Wildman–Crippen MR) is 75.1 cm³/mol. The molecule has 0 saturated heterocycles. The van der Waals surface area contributed by atoms with E-state index in [1.54, 1.807) is 30.3 Å². The van der Waals surface area contributed by atoms with Gasteiger partial charge in [-0.05, 0) is 51.8 Å². The SMILES string of the molecule is Nc1ccc(S(=O)Cc2cccc(F)c2)c(Br)c1. The molecule has 2 nitrogen and oxygen atoms in total. The fourth-order valence-electron chi connectivity index (χ4n) is 1.56. The van der Waals surface area contributed by atoms with Crippen LogP contribution in [0.4, 0.5) is 10.1 Å². The number of nitrogen functional groups attached to an aromatic ring is 1. The van der Waals surface area contributed by atoms with Gasteiger partial charge in [-0.25, -0.2) is 4.39 Å². The van der Waals surface area contributed by atoms with Gasteiger partial charge in [0, 0.05) is 10.2 Å². The smallest absolute Gasteiger partial charge is 0.123 e. The Balaban J connectivity index is 2.22. The minimum atomic E-state index is -1.23. The van der Waals surface area contributed by atoms with Crippen LogP contribution < -0.4 is 5.73 Å². The van der Waals surface area contributed by atoms with Gasteiger partial charge in [-0.3, -0.25) is 4.21 Å². The summed E-state index contributed by atoms with van der Waals surface area (Å²) in [5.74, 6) is -0.0406. The number of nitrogens with two attached hydrogens (primary N) is 1. The van der Waals surface area contributed by atoms with E-state index in [9.17, 15) is 8.60 Å². The zero-order valence-electron chi connectivity index (χ0n) is 9.40. The molecule has 0 aliphatic heterocycles. The van der Waals surface area contributed by atoms with Crippen LogP contribution in [0.3, 0.4) is 0 Å². The predicted octanol–water partition coefficient (Wildman–Crippen LogP) is 3.48. The van der Waals surface area contributed by atoms with Crippen molar-refractivity contribution in [2.45, 2.75) is 10.6 Å². The lowest BCUT2D eigenvalue weighted by Gasteiger charge is -2.06. The van der Waals surface area contributed by atoms with Crippen LogP contribution in [0.5, 0.6) is 0 Å². The first-order valence-corrected chi connectivity index (χ1v) is 7.35. The van der Waals surface area contributed by atoms with Gasteiger partial charge in [-0.2, -0.15) is 0 Å². The molecule has 0 radical (unpaired) electrons. The van der Waals surface area contributed by atoms with Crippen molar-refractivity contribution in [2.24, 2.45) is 0 Å². The summed E-state index contributed by atoms with van der Waals surface area (Å²) in [5.41, 5.74) is 6.93. The molecule has 5 heteroatoms. The van der Waals surface area contributed by atoms with Crippen molar-refractivity contribution in [3.05, 3.63) is 58.3 Å². The molecule has 2 aromatic carbocycles. The second-order valence-corrected chi connectivity index (χ2v) is 6.08. The van der Waals surface area contributed by atoms with E-state index in [1.165, 1.54) is 12.1 Å². The molecule has 0 saturated carbocycles. The Morgan fingerprint density at radius 3 is 2.67 bits per heavy atom. The highest BCUT2D eigenvalue weighted by Gasteiger charge is 2.09. The first kappa shape index (κ1) is 13.2. The van der Waals surface area contributed by atoms with E-state index in [-0.39, 0.29) is 11.6 Å². The first-order chi connectivity index (χ1) is 8.56. The molecule has 1 unspecified atom stereocenters. The fourth-order valence-corrected chi connectivity index (χ4v) is 3.63. The van der Waals surface area contributed by atoms with Crippen molar-refractivity contribution in [1.82, 2.24) is 0 Å². The lowest BCUT2D eigenvalue weighted by molar-refractivity contribution is 0.626. The van der Waals surface area contributed by atoms with Crippen molar-refractivity contribution in [2.75, 3.05) is 5.73 Å². The third-order valence-corrected chi connectivity index (χ3v) is 4.75. The van der Waals surface area contributed by atoms with E-state index in [2.05, 4.69) is 15.9 Å². The second-order valence-electron chi connectivity index (χ2n) is 3.81. The molecule has 0 aromatic heterocycles. The van der Waals surface area contributed by atoms with Gasteiger partial charge in [0.2, 0.25) is 0 Å². The maximum atomic E-state index is 13.0. The molecule has 2 N–H and O–H groups in total. The highest BCUT2D eigenvalue weighted by atomic mass is 79.9. The molecule has 18 heavy (non-hydrogen) atoms. The molecule has 2 aromatic rings. The van der Waals surface area contributed by atoms with Gasteiger partial charge >= 0.3 is 0 Å². The summed E-state index contributed by atoms with van der Waals surface area (Å²) in [7, 11) is -1.23. The third kappa shape index (κ3) is 3.17. The Morgan fingerprint density at radius 2 is 2.00 bits per heavy atom. The van der Waals surface area contributed by atoms with Crippen LogP contribution in [0.2, 0.25) is 0 Å². The van der Waals surface area contributed by atoms with Crippen molar-refractivity contribution >= 4 is 32.4 Å². The Labute approximate surface area is 116 Å². The summed E-state index contributed by atoms with van der Waals surface area (Å²) < 4.78 is 25.9. The quantitative estimate of drug-likeness (QED) is 0.877. The molecule has 0 amide bonds. The van der Waals surface area contributed by atoms with Gasteiger partial charge in [0.15, 0.2) is 0 Å². The van der Waals surface area contributed by atoms with E-state index >= 15 is 0 Å². The fraction of sp³-hybridized carbons (Fsp3) is 0.0769. The highest BCUT2D eigenvalue weighted by molar-refractivity contribution is 9.10. The number of anilines is 1. The summed E-state index contributed by atoms with van der Waals surface area (Å²) in [6, 6.07) is 11.2. The second kappa shape index (κ2) is 5.63. The third-order valence-electron chi connectivity index (χ3n) is 2.39. The molecular formula is C13H11BrFNOS. The summed E-state index contributed by atoms with van der Waals surface area (Å²) in [6.07, 6.45) is 0. The molecule has 0 aliphatic rings. The normalized spacial score (nSPS) is 12.3. The van der Waals surface area contributed by atoms with Crippen LogP contribution in [0.1, 0.15) is 5.56 Å². The van der Waals surface area contributed by atoms with Gasteiger partial charge in [0.1, 0.15) is 5.82 Å². The van der Waals surface area contributed by atoms with Gasteiger partial charge in [-0.1, -0.05) is 12.1 Å². The number of hydrogen-bond donors (Lipinski definition) is 1. The van der Waals surface area contributed by atoms with Crippen molar-refractivity contribution in [3.63, 3.8) is 0 Å². The summed E-state index contributed by atoms with van der Waals surface area (Å²) in [5, 5.41) is 0. The Morgan fingerprint density at radius 1 is 1.22 bits per heavy atom. The first-order valence-electron chi connectivity index (χ1n) is 5.24. The van der Waals surface area contributed by atoms with E-state index in [1.807, 2.05) is 0 Å². The zero-order chi connectivity index (χ0) is 13.1. The van der Waals surface area contributed by atoms with Crippen LogP contribution in [-0.4, -0.2) is 4.21 Å². The van der Waals surface area contributed by atoms with Crippen LogP contribution in [0.25, 0.3) is 0 Å². The van der Waals surface area contributed by atoms with E-state index < -0.39 is 10.8 Å². The average Bonchev–Trinajstić information content (AvgIpc) is 2.28. The minimum absolute atomic E-state index is 0.278. The van der Waals surface area contributed by atoms with Crippen LogP contribution in [0, 0.1) is 5.82 Å². The minimum Gasteiger partial charge on any atom is -0.399 e. The molecule has 0 bridgehead atoms. The zero-order valence-corrected chi connectivity index (χ0v) is 11.8. The van der Waals surface area contributed by atoms with Crippen molar-refractivity contribution in [3.8, 4) is 0 Å². The summed E-state index contributed by atoms with van der Waals surface area (Å²) in [4.78, 5) is 0.661. The van der Waals surface area contributed by atoms with E-state index in [0.717, 1.165) is 0 Å². The van der Waals surface area contributed by atoms with Crippen LogP contribution >= 0.6 is 15.9 Å². The van der Waals surface area contributed by atoms with Crippen molar-refractivity contribution in [1.29, 1.82) is 0 Å². The highest BCUT2D eigenvalue weighted by Crippen LogP contribution is 2.24. The van der Waals surface area contributed by atoms with Gasteiger partial charge in [0.05, 0.1) is 21.4 Å². The maximum Gasteiger partial charge on any atom is 0.123 e. The lowest BCUT2D eigenvalue weighted by atomic mass is 10.2. The van der Waals surface area contributed by atoms with E-state index in [0.29, 0.717) is 20.6 Å². The number of hydrogen-bond acceptors (Lipinski definition) is 2. The molecular weight excluding hydrogens is 317 g/mol. The van der Waals surface area contributed by atoms with Crippen LogP contribution in [0.15, 0.2) is 51.8 Å². The summed E-state index contributed by atoms with van der Waals surface area (Å²) in [6.45, 7) is 0. The summed E-state index contributed by atoms with van der Waals surface area (Å²) >= 11 is 3.33. The largest absolute Gasteiger partial charge is 0.399 e. The molecule has 0 fully saturated rings. The molecule has 0 spiro atoms. The molecule has 1 atom stereocenters. The van der Waals surface area contributed by atoms with Gasteiger partial charge in [0.25, 0.3) is 0 Å². The number of benzene rings is 2. The lowest BCUT2D eigenvalue weighted by Crippen LogP contribution is -1.98. The average molecular weight is 328 g/mol.